The number of halogens is 1. The Bertz CT molecular complexity index is 1730. The maximum Gasteiger partial charge on any atom is 0.269 e. The minimum absolute atomic E-state index is 0.246. The van der Waals surface area contributed by atoms with Crippen molar-refractivity contribution in [1.82, 2.24) is 9.78 Å². The molecule has 1 heterocycles. The number of aryl methyl sites for hydroxylation is 1. The molecule has 0 unspecified atom stereocenters. The molecule has 3 N–H and O–H groups in total. The van der Waals surface area contributed by atoms with Crippen molar-refractivity contribution < 1.29 is 14.3 Å². The lowest BCUT2D eigenvalue weighted by molar-refractivity contribution is 0.0992. The summed E-state index contributed by atoms with van der Waals surface area (Å²) in [5.41, 5.74) is 12.3. The van der Waals surface area contributed by atoms with Crippen molar-refractivity contribution in [3.05, 3.63) is 130 Å². The molecule has 0 radical (unpaired) electrons. The molecule has 1 aliphatic rings. The zero-order valence-electron chi connectivity index (χ0n) is 21.4. The van der Waals surface area contributed by atoms with Gasteiger partial charge in [0.15, 0.2) is 5.69 Å². The minimum atomic E-state index is -0.579. The monoisotopic (exact) mass is 548 g/mol. The third-order valence-corrected chi connectivity index (χ3v) is 7.26. The number of carbonyl (C=O) groups excluding carboxylic acids is 2. The molecule has 198 valence electrons. The molecule has 40 heavy (non-hydrogen) atoms. The number of nitrogens with one attached hydrogen (secondary N) is 1. The lowest BCUT2D eigenvalue weighted by atomic mass is 9.88. The average molecular weight is 549 g/mol. The molecule has 0 bridgehead atoms. The molecule has 0 spiro atoms. The molecule has 0 aliphatic heterocycles. The molecule has 4 aromatic carbocycles. The predicted molar refractivity (Wildman–Crippen MR) is 155 cm³/mol. The topological polar surface area (TPSA) is 99.2 Å². The van der Waals surface area contributed by atoms with Crippen molar-refractivity contribution in [2.45, 2.75) is 19.4 Å². The molecule has 0 atom stereocenters. The van der Waals surface area contributed by atoms with Crippen LogP contribution in [0.5, 0.6) is 5.75 Å². The molecule has 1 aromatic heterocycles. The smallest absolute Gasteiger partial charge is 0.269 e. The largest absolute Gasteiger partial charge is 0.489 e. The molecule has 8 heteroatoms. The lowest BCUT2D eigenvalue weighted by Gasteiger charge is -2.20. The maximum absolute atomic E-state index is 12.9. The molecule has 0 saturated heterocycles. The summed E-state index contributed by atoms with van der Waals surface area (Å²) in [5.74, 6) is -0.169. The highest BCUT2D eigenvalue weighted by atomic mass is 35.5. The van der Waals surface area contributed by atoms with Crippen LogP contribution in [0.1, 0.15) is 37.5 Å². The maximum atomic E-state index is 12.9. The Kier molecular flexibility index (Phi) is 6.80. The predicted octanol–water partition coefficient (Wildman–Crippen LogP) is 6.22. The van der Waals surface area contributed by atoms with Gasteiger partial charge in [0.05, 0.1) is 22.0 Å². The summed E-state index contributed by atoms with van der Waals surface area (Å²) in [6.45, 7) is 0.458. The number of primary amides is 1. The van der Waals surface area contributed by atoms with E-state index < -0.39 is 5.91 Å². The summed E-state index contributed by atoms with van der Waals surface area (Å²) >= 11 is 6.23. The van der Waals surface area contributed by atoms with Crippen LogP contribution in [-0.2, 0) is 19.4 Å². The first-order chi connectivity index (χ1) is 19.5. The number of aromatic nitrogens is 2. The van der Waals surface area contributed by atoms with E-state index in [2.05, 4.69) is 10.4 Å². The standard InChI is InChI=1S/C32H25ClN4O3/c33-28-9-5-4-8-25(28)32(39)35-22-12-10-21-11-17-26-29(31(34)38)36-37(30(26)27(21)18-22)23-13-15-24(16-14-23)40-19-20-6-2-1-3-7-20/h1-10,12-16,18H,11,17,19H2,(H2,34,38)(H,35,39). The van der Waals surface area contributed by atoms with Crippen LogP contribution in [0.2, 0.25) is 5.02 Å². The van der Waals surface area contributed by atoms with Gasteiger partial charge in [-0.1, -0.05) is 60.1 Å². The van der Waals surface area contributed by atoms with E-state index in [4.69, 9.17) is 22.1 Å². The highest BCUT2D eigenvalue weighted by molar-refractivity contribution is 6.34. The van der Waals surface area contributed by atoms with Crippen molar-refractivity contribution in [2.24, 2.45) is 5.73 Å². The summed E-state index contributed by atoms with van der Waals surface area (Å²) in [5, 5.41) is 7.95. The number of ether oxygens (including phenoxy) is 1. The molecule has 7 nitrogen and oxygen atoms in total. The van der Waals surface area contributed by atoms with Crippen molar-refractivity contribution in [3.63, 3.8) is 0 Å². The first-order valence-corrected chi connectivity index (χ1v) is 13.2. The molecule has 5 aromatic rings. The Hall–Kier alpha value is -4.88. The number of benzene rings is 4. The number of carbonyl (C=O) groups is 2. The fraction of sp³-hybridized carbons (Fsp3) is 0.0938. The Morgan fingerprint density at radius 2 is 1.68 bits per heavy atom. The molecule has 1 aliphatic carbocycles. The molecule has 0 saturated carbocycles. The van der Waals surface area contributed by atoms with Crippen LogP contribution in [0.25, 0.3) is 16.9 Å². The van der Waals surface area contributed by atoms with Crippen molar-refractivity contribution >= 4 is 29.1 Å². The first kappa shape index (κ1) is 25.4. The van der Waals surface area contributed by atoms with Crippen LogP contribution < -0.4 is 15.8 Å². The van der Waals surface area contributed by atoms with Gasteiger partial charge in [-0.2, -0.15) is 5.10 Å². The van der Waals surface area contributed by atoms with Crippen molar-refractivity contribution in [1.29, 1.82) is 0 Å². The second-order valence-electron chi connectivity index (χ2n) is 9.53. The molecule has 0 fully saturated rings. The van der Waals surface area contributed by atoms with Gasteiger partial charge >= 0.3 is 0 Å². The van der Waals surface area contributed by atoms with Gasteiger partial charge in [-0.05, 0) is 72.5 Å². The van der Waals surface area contributed by atoms with Crippen LogP contribution in [0.3, 0.4) is 0 Å². The normalized spacial score (nSPS) is 11.8. The van der Waals surface area contributed by atoms with Gasteiger partial charge in [0.1, 0.15) is 12.4 Å². The summed E-state index contributed by atoms with van der Waals surface area (Å²) in [4.78, 5) is 25.3. The number of fused-ring (bicyclic) bond motifs is 3. The second-order valence-corrected chi connectivity index (χ2v) is 9.93. The number of nitrogens with zero attached hydrogens (tertiary/aromatic N) is 2. The van der Waals surface area contributed by atoms with Gasteiger partial charge in [-0.25, -0.2) is 4.68 Å². The lowest BCUT2D eigenvalue weighted by Crippen LogP contribution is -2.15. The highest BCUT2D eigenvalue weighted by Gasteiger charge is 2.28. The summed E-state index contributed by atoms with van der Waals surface area (Å²) in [6, 6.07) is 30.2. The van der Waals surface area contributed by atoms with E-state index in [0.717, 1.165) is 40.1 Å². The van der Waals surface area contributed by atoms with E-state index in [0.29, 0.717) is 35.1 Å². The van der Waals surface area contributed by atoms with E-state index >= 15 is 0 Å². The van der Waals surface area contributed by atoms with E-state index in [1.54, 1.807) is 28.9 Å². The van der Waals surface area contributed by atoms with Gasteiger partial charge < -0.3 is 15.8 Å². The molecular weight excluding hydrogens is 524 g/mol. The minimum Gasteiger partial charge on any atom is -0.489 e. The zero-order valence-corrected chi connectivity index (χ0v) is 22.2. The third-order valence-electron chi connectivity index (χ3n) is 6.93. The Morgan fingerprint density at radius 1 is 0.925 bits per heavy atom. The Labute approximate surface area is 236 Å². The second kappa shape index (κ2) is 10.7. The molecular formula is C32H25ClN4O3. The van der Waals surface area contributed by atoms with Gasteiger partial charge in [0.2, 0.25) is 0 Å². The molecule has 2 amide bonds. The van der Waals surface area contributed by atoms with Crippen LogP contribution in [-0.4, -0.2) is 21.6 Å². The molecule has 6 rings (SSSR count). The van der Waals surface area contributed by atoms with Crippen LogP contribution in [0.15, 0.2) is 97.1 Å². The van der Waals surface area contributed by atoms with Gasteiger partial charge in [-0.15, -0.1) is 0 Å². The van der Waals surface area contributed by atoms with E-state index in [9.17, 15) is 9.59 Å². The fourth-order valence-corrected chi connectivity index (χ4v) is 5.19. The van der Waals surface area contributed by atoms with Crippen LogP contribution >= 0.6 is 11.6 Å². The quantitative estimate of drug-likeness (QED) is 0.252. The number of anilines is 1. The van der Waals surface area contributed by atoms with Crippen molar-refractivity contribution in [3.8, 4) is 22.7 Å². The average Bonchev–Trinajstić information content (AvgIpc) is 3.38. The summed E-state index contributed by atoms with van der Waals surface area (Å²) in [6.07, 6.45) is 1.35. The zero-order chi connectivity index (χ0) is 27.6. The number of hydrogen-bond donors (Lipinski definition) is 2. The van der Waals surface area contributed by atoms with E-state index in [-0.39, 0.29) is 11.6 Å². The van der Waals surface area contributed by atoms with Gasteiger partial charge in [0.25, 0.3) is 11.8 Å². The van der Waals surface area contributed by atoms with Crippen LogP contribution in [0, 0.1) is 0 Å². The fourth-order valence-electron chi connectivity index (χ4n) is 4.97. The van der Waals surface area contributed by atoms with Crippen molar-refractivity contribution in [2.75, 3.05) is 5.32 Å². The first-order valence-electron chi connectivity index (χ1n) is 12.9. The van der Waals surface area contributed by atoms with Crippen LogP contribution in [0.4, 0.5) is 5.69 Å². The Morgan fingerprint density at radius 3 is 2.42 bits per heavy atom. The Balaban J connectivity index is 1.34. The number of hydrogen-bond acceptors (Lipinski definition) is 4. The number of amides is 2. The number of nitrogens with two attached hydrogens (primary N) is 1. The third kappa shape index (κ3) is 4.95. The van der Waals surface area contributed by atoms with Gasteiger partial charge in [-0.3, -0.25) is 9.59 Å². The summed E-state index contributed by atoms with van der Waals surface area (Å²) in [7, 11) is 0. The van der Waals surface area contributed by atoms with E-state index in [1.165, 1.54) is 0 Å². The van der Waals surface area contributed by atoms with Gasteiger partial charge in [0, 0.05) is 16.8 Å². The summed E-state index contributed by atoms with van der Waals surface area (Å²) < 4.78 is 7.68. The highest BCUT2D eigenvalue weighted by Crippen LogP contribution is 2.38. The number of rotatable bonds is 7. The van der Waals surface area contributed by atoms with E-state index in [1.807, 2.05) is 72.8 Å². The SMILES string of the molecule is NC(=O)c1nn(-c2ccc(OCc3ccccc3)cc2)c2c1CCc1ccc(NC(=O)c3ccccc3Cl)cc1-2.